The topological polar surface area (TPSA) is 6.48 Å². The second kappa shape index (κ2) is 7.17. The first-order valence-corrected chi connectivity index (χ1v) is 7.51. The summed E-state index contributed by atoms with van der Waals surface area (Å²) in [5, 5.41) is 0. The van der Waals surface area contributed by atoms with Crippen molar-refractivity contribution in [2.45, 2.75) is 57.5 Å². The average Bonchev–Trinajstić information content (AvgIpc) is 2.71. The fourth-order valence-electron chi connectivity index (χ4n) is 3.34. The Morgan fingerprint density at radius 2 is 1.53 bits per heavy atom. The minimum atomic E-state index is 0.702. The van der Waals surface area contributed by atoms with Crippen molar-refractivity contribution in [3.05, 3.63) is 12.7 Å². The number of nitrogens with zero attached hydrogens (tertiary/aromatic N) is 2. The summed E-state index contributed by atoms with van der Waals surface area (Å²) in [5.74, 6) is 0. The van der Waals surface area contributed by atoms with Gasteiger partial charge in [0.25, 0.3) is 0 Å². The van der Waals surface area contributed by atoms with Gasteiger partial charge in [0.1, 0.15) is 0 Å². The van der Waals surface area contributed by atoms with E-state index in [1.807, 2.05) is 0 Å². The molecule has 0 N–H and O–H groups in total. The van der Waals surface area contributed by atoms with Crippen LogP contribution in [0.15, 0.2) is 12.7 Å². The summed E-state index contributed by atoms with van der Waals surface area (Å²) in [7, 11) is 0. The largest absolute Gasteiger partial charge is 0.288 e. The summed E-state index contributed by atoms with van der Waals surface area (Å²) in [5.41, 5.74) is 0. The molecule has 98 valence electrons. The third-order valence-electron chi connectivity index (χ3n) is 4.25. The summed E-state index contributed by atoms with van der Waals surface area (Å²) >= 11 is 0. The van der Waals surface area contributed by atoms with E-state index in [0.717, 1.165) is 6.54 Å². The highest BCUT2D eigenvalue weighted by Gasteiger charge is 2.26. The summed E-state index contributed by atoms with van der Waals surface area (Å²) in [4.78, 5) is 5.41. The Balaban J connectivity index is 1.98. The summed E-state index contributed by atoms with van der Waals surface area (Å²) in [6.45, 7) is 8.90. The molecule has 0 amide bonds. The average molecular weight is 236 g/mol. The van der Waals surface area contributed by atoms with Gasteiger partial charge in [-0.3, -0.25) is 9.80 Å². The molecule has 0 bridgehead atoms. The zero-order valence-electron chi connectivity index (χ0n) is 11.2. The molecule has 2 aliphatic heterocycles. The van der Waals surface area contributed by atoms with Gasteiger partial charge >= 0.3 is 0 Å². The number of likely N-dealkylation sites (tertiary alicyclic amines) is 2. The number of hydrogen-bond acceptors (Lipinski definition) is 2. The third kappa shape index (κ3) is 3.82. The van der Waals surface area contributed by atoms with Gasteiger partial charge in [0, 0.05) is 6.54 Å². The predicted molar refractivity (Wildman–Crippen MR) is 74.1 cm³/mol. The lowest BCUT2D eigenvalue weighted by atomic mass is 10.2. The van der Waals surface area contributed by atoms with Gasteiger partial charge in [0.15, 0.2) is 0 Å². The summed E-state index contributed by atoms with van der Waals surface area (Å²) in [6.07, 6.45) is 14.0. The highest BCUT2D eigenvalue weighted by Crippen LogP contribution is 2.22. The van der Waals surface area contributed by atoms with Crippen molar-refractivity contribution >= 4 is 0 Å². The van der Waals surface area contributed by atoms with Crippen LogP contribution in [-0.2, 0) is 0 Å². The molecule has 17 heavy (non-hydrogen) atoms. The first kappa shape index (κ1) is 13.1. The van der Waals surface area contributed by atoms with E-state index < -0.39 is 0 Å². The zero-order chi connectivity index (χ0) is 11.9. The lowest BCUT2D eigenvalue weighted by Gasteiger charge is -2.38. The Hall–Kier alpha value is -0.340. The lowest BCUT2D eigenvalue weighted by Crippen LogP contribution is -2.48. The Morgan fingerprint density at radius 1 is 0.882 bits per heavy atom. The quantitative estimate of drug-likeness (QED) is 0.694. The molecule has 0 saturated carbocycles. The SMILES string of the molecule is C=CCN1CCCCCC1N1CCCCCC1. The van der Waals surface area contributed by atoms with Crippen LogP contribution in [0, 0.1) is 0 Å². The first-order valence-electron chi connectivity index (χ1n) is 7.51. The first-order chi connectivity index (χ1) is 8.42. The van der Waals surface area contributed by atoms with Crippen LogP contribution < -0.4 is 0 Å². The summed E-state index contributed by atoms with van der Waals surface area (Å²) < 4.78 is 0. The van der Waals surface area contributed by atoms with Crippen LogP contribution in [-0.4, -0.2) is 42.1 Å². The van der Waals surface area contributed by atoms with Crippen molar-refractivity contribution in [1.82, 2.24) is 9.80 Å². The Bertz CT molecular complexity index is 219. The highest BCUT2D eigenvalue weighted by molar-refractivity contribution is 4.82. The van der Waals surface area contributed by atoms with E-state index in [1.54, 1.807) is 0 Å². The molecule has 2 rings (SSSR count). The maximum Gasteiger partial charge on any atom is 0.0625 e. The number of rotatable bonds is 3. The van der Waals surface area contributed by atoms with Gasteiger partial charge in [-0.2, -0.15) is 0 Å². The molecule has 0 aromatic rings. The van der Waals surface area contributed by atoms with Crippen molar-refractivity contribution in [2.24, 2.45) is 0 Å². The monoisotopic (exact) mass is 236 g/mol. The van der Waals surface area contributed by atoms with Gasteiger partial charge in [-0.1, -0.05) is 31.8 Å². The van der Waals surface area contributed by atoms with Crippen molar-refractivity contribution in [3.8, 4) is 0 Å². The molecule has 0 aromatic heterocycles. The van der Waals surface area contributed by atoms with Crippen LogP contribution in [0.1, 0.15) is 51.4 Å². The lowest BCUT2D eigenvalue weighted by molar-refractivity contribution is 0.0532. The fourth-order valence-corrected chi connectivity index (χ4v) is 3.34. The van der Waals surface area contributed by atoms with E-state index in [4.69, 9.17) is 0 Å². The molecule has 2 saturated heterocycles. The fraction of sp³-hybridized carbons (Fsp3) is 0.867. The minimum Gasteiger partial charge on any atom is -0.288 e. The van der Waals surface area contributed by atoms with Crippen LogP contribution in [0.5, 0.6) is 0 Å². The highest BCUT2D eigenvalue weighted by atomic mass is 15.3. The Morgan fingerprint density at radius 3 is 2.24 bits per heavy atom. The normalized spacial score (nSPS) is 29.5. The molecule has 1 atom stereocenters. The van der Waals surface area contributed by atoms with Crippen molar-refractivity contribution in [3.63, 3.8) is 0 Å². The van der Waals surface area contributed by atoms with E-state index in [1.165, 1.54) is 71.0 Å². The smallest absolute Gasteiger partial charge is 0.0625 e. The zero-order valence-corrected chi connectivity index (χ0v) is 11.2. The third-order valence-corrected chi connectivity index (χ3v) is 4.25. The van der Waals surface area contributed by atoms with E-state index in [0.29, 0.717) is 6.17 Å². The number of hydrogen-bond donors (Lipinski definition) is 0. The van der Waals surface area contributed by atoms with Crippen molar-refractivity contribution in [1.29, 1.82) is 0 Å². The Kier molecular flexibility index (Phi) is 5.53. The van der Waals surface area contributed by atoms with Gasteiger partial charge < -0.3 is 0 Å². The van der Waals surface area contributed by atoms with Crippen LogP contribution in [0.25, 0.3) is 0 Å². The molecule has 2 fully saturated rings. The van der Waals surface area contributed by atoms with E-state index in [9.17, 15) is 0 Å². The van der Waals surface area contributed by atoms with Gasteiger partial charge in [-0.05, 0) is 45.3 Å². The molecule has 0 aromatic carbocycles. The maximum absolute atomic E-state index is 3.92. The molecule has 2 heteroatoms. The molecule has 1 unspecified atom stereocenters. The second-order valence-corrected chi connectivity index (χ2v) is 5.56. The van der Waals surface area contributed by atoms with Gasteiger partial charge in [-0.15, -0.1) is 6.58 Å². The van der Waals surface area contributed by atoms with E-state index >= 15 is 0 Å². The van der Waals surface area contributed by atoms with Gasteiger partial charge in [0.2, 0.25) is 0 Å². The van der Waals surface area contributed by atoms with E-state index in [-0.39, 0.29) is 0 Å². The molecule has 2 nitrogen and oxygen atoms in total. The van der Waals surface area contributed by atoms with Crippen molar-refractivity contribution in [2.75, 3.05) is 26.2 Å². The standard InChI is InChI=1S/C15H28N2/c1-2-11-16-12-9-5-6-10-15(16)17-13-7-3-4-8-14-17/h2,15H,1,3-14H2. The molecule has 2 aliphatic rings. The van der Waals surface area contributed by atoms with Crippen molar-refractivity contribution < 1.29 is 0 Å². The van der Waals surface area contributed by atoms with Crippen LogP contribution in [0.4, 0.5) is 0 Å². The van der Waals surface area contributed by atoms with Gasteiger partial charge in [-0.25, -0.2) is 0 Å². The van der Waals surface area contributed by atoms with Gasteiger partial charge in [0.05, 0.1) is 6.17 Å². The van der Waals surface area contributed by atoms with Crippen LogP contribution in [0.3, 0.4) is 0 Å². The second-order valence-electron chi connectivity index (χ2n) is 5.56. The molecular formula is C15H28N2. The Labute approximate surface area is 107 Å². The molecule has 2 heterocycles. The van der Waals surface area contributed by atoms with Crippen LogP contribution >= 0.6 is 0 Å². The summed E-state index contributed by atoms with van der Waals surface area (Å²) in [6, 6.07) is 0. The van der Waals surface area contributed by atoms with E-state index in [2.05, 4.69) is 22.5 Å². The maximum atomic E-state index is 3.92. The van der Waals surface area contributed by atoms with Crippen LogP contribution in [0.2, 0.25) is 0 Å². The minimum absolute atomic E-state index is 0.702. The molecule has 0 spiro atoms. The molecular weight excluding hydrogens is 208 g/mol. The predicted octanol–water partition coefficient (Wildman–Crippen LogP) is 3.25. The molecule has 0 aliphatic carbocycles. The molecule has 0 radical (unpaired) electrons.